The number of thioether (sulfide) groups is 1. The zero-order valence-corrected chi connectivity index (χ0v) is 15.1. The molecule has 1 heterocycles. The summed E-state index contributed by atoms with van der Waals surface area (Å²) in [5.74, 6) is 3.37. The van der Waals surface area contributed by atoms with E-state index in [4.69, 9.17) is 4.74 Å². The molecule has 0 aromatic heterocycles. The summed E-state index contributed by atoms with van der Waals surface area (Å²) in [6, 6.07) is 7.24. The first kappa shape index (κ1) is 16.2. The fourth-order valence-corrected chi connectivity index (χ4v) is 4.74. The monoisotopic (exact) mass is 357 g/mol. The van der Waals surface area contributed by atoms with Crippen molar-refractivity contribution in [3.8, 4) is 5.75 Å². The zero-order valence-electron chi connectivity index (χ0n) is 12.7. The molecule has 4 heteroatoms. The van der Waals surface area contributed by atoms with Crippen molar-refractivity contribution in [3.63, 3.8) is 0 Å². The van der Waals surface area contributed by atoms with Crippen LogP contribution in [0.2, 0.25) is 0 Å². The number of methoxy groups -OCH3 is 1. The molecule has 1 fully saturated rings. The van der Waals surface area contributed by atoms with E-state index in [9.17, 15) is 0 Å². The molecule has 0 bridgehead atoms. The van der Waals surface area contributed by atoms with E-state index in [0.717, 1.165) is 10.2 Å². The summed E-state index contributed by atoms with van der Waals surface area (Å²) in [4.78, 5) is 0. The predicted molar refractivity (Wildman–Crippen MR) is 91.8 cm³/mol. The minimum Gasteiger partial charge on any atom is -0.496 e. The van der Waals surface area contributed by atoms with Gasteiger partial charge in [-0.2, -0.15) is 11.8 Å². The van der Waals surface area contributed by atoms with Gasteiger partial charge in [-0.3, -0.25) is 0 Å². The van der Waals surface area contributed by atoms with E-state index >= 15 is 0 Å². The van der Waals surface area contributed by atoms with Crippen molar-refractivity contribution in [1.29, 1.82) is 0 Å². The van der Waals surface area contributed by atoms with Crippen LogP contribution in [-0.2, 0) is 0 Å². The second kappa shape index (κ2) is 6.71. The molecule has 1 aromatic carbocycles. The molecule has 2 rings (SSSR count). The summed E-state index contributed by atoms with van der Waals surface area (Å²) in [5.41, 5.74) is 1.67. The molecule has 0 radical (unpaired) electrons. The van der Waals surface area contributed by atoms with Gasteiger partial charge < -0.3 is 10.1 Å². The molecular formula is C16H24BrNOS. The predicted octanol–water partition coefficient (Wildman–Crippen LogP) is 4.64. The lowest BCUT2D eigenvalue weighted by molar-refractivity contribution is 0.232. The molecule has 1 saturated heterocycles. The first-order valence-electron chi connectivity index (χ1n) is 7.11. The van der Waals surface area contributed by atoms with E-state index in [-0.39, 0.29) is 0 Å². The quantitative estimate of drug-likeness (QED) is 0.847. The van der Waals surface area contributed by atoms with Crippen LogP contribution in [0.3, 0.4) is 0 Å². The first-order chi connectivity index (χ1) is 9.44. The van der Waals surface area contributed by atoms with Crippen LogP contribution in [0.15, 0.2) is 22.7 Å². The van der Waals surface area contributed by atoms with Crippen molar-refractivity contribution in [3.05, 3.63) is 28.2 Å². The van der Waals surface area contributed by atoms with Gasteiger partial charge in [-0.15, -0.1) is 0 Å². The highest BCUT2D eigenvalue weighted by atomic mass is 79.9. The van der Waals surface area contributed by atoms with Gasteiger partial charge in [0, 0.05) is 17.8 Å². The number of benzene rings is 1. The Morgan fingerprint density at radius 1 is 1.45 bits per heavy atom. The molecule has 1 aliphatic rings. The molecule has 0 saturated carbocycles. The third-order valence-electron chi connectivity index (χ3n) is 4.25. The molecule has 2 atom stereocenters. The second-order valence-corrected chi connectivity index (χ2v) is 8.15. The number of ether oxygens (including phenoxy) is 1. The number of hydrogen-bond acceptors (Lipinski definition) is 3. The van der Waals surface area contributed by atoms with Crippen molar-refractivity contribution in [2.75, 3.05) is 18.6 Å². The highest BCUT2D eigenvalue weighted by molar-refractivity contribution is 9.10. The molecule has 2 nitrogen and oxygen atoms in total. The molecule has 1 aromatic rings. The van der Waals surface area contributed by atoms with Crippen molar-refractivity contribution in [2.24, 2.45) is 5.41 Å². The first-order valence-corrected chi connectivity index (χ1v) is 9.06. The minimum atomic E-state index is 0.347. The molecule has 2 unspecified atom stereocenters. The van der Waals surface area contributed by atoms with Gasteiger partial charge in [0.15, 0.2) is 0 Å². The van der Waals surface area contributed by atoms with Crippen molar-refractivity contribution in [1.82, 2.24) is 5.32 Å². The van der Waals surface area contributed by atoms with Crippen LogP contribution in [0.25, 0.3) is 0 Å². The van der Waals surface area contributed by atoms with Gasteiger partial charge in [-0.1, -0.05) is 19.9 Å². The molecule has 1 aliphatic heterocycles. The van der Waals surface area contributed by atoms with Crippen LogP contribution in [0.1, 0.15) is 38.8 Å². The maximum absolute atomic E-state index is 5.29. The van der Waals surface area contributed by atoms with Crippen molar-refractivity contribution >= 4 is 27.7 Å². The zero-order chi connectivity index (χ0) is 14.8. The van der Waals surface area contributed by atoms with Crippen LogP contribution < -0.4 is 10.1 Å². The number of hydrogen-bond donors (Lipinski definition) is 1. The summed E-state index contributed by atoms with van der Waals surface area (Å²) >= 11 is 5.63. The molecule has 1 N–H and O–H groups in total. The maximum atomic E-state index is 5.29. The summed E-state index contributed by atoms with van der Waals surface area (Å²) in [7, 11) is 1.70. The Bertz CT molecular complexity index is 464. The highest BCUT2D eigenvalue weighted by Crippen LogP contribution is 2.36. The van der Waals surface area contributed by atoms with E-state index < -0.39 is 0 Å². The Labute approximate surface area is 135 Å². The average Bonchev–Trinajstić information content (AvgIpc) is 2.41. The van der Waals surface area contributed by atoms with Crippen molar-refractivity contribution in [2.45, 2.75) is 39.3 Å². The summed E-state index contributed by atoms with van der Waals surface area (Å²) in [5, 5.41) is 3.81. The summed E-state index contributed by atoms with van der Waals surface area (Å²) < 4.78 is 6.31. The maximum Gasteiger partial charge on any atom is 0.133 e. The summed E-state index contributed by atoms with van der Waals surface area (Å²) in [6.07, 6.45) is 1.29. The minimum absolute atomic E-state index is 0.347. The number of nitrogens with one attached hydrogen (secondary N) is 1. The molecule has 0 aliphatic carbocycles. The van der Waals surface area contributed by atoms with E-state index in [1.807, 2.05) is 6.07 Å². The Kier molecular flexibility index (Phi) is 5.43. The van der Waals surface area contributed by atoms with Crippen LogP contribution in [0.4, 0.5) is 0 Å². The number of rotatable bonds is 4. The molecular weight excluding hydrogens is 334 g/mol. The van der Waals surface area contributed by atoms with E-state index in [1.54, 1.807) is 7.11 Å². The SMILES string of the molecule is COc1ccc(C(C)NC2CSCCC2(C)C)cc1Br. The Hall–Kier alpha value is -0.190. The standard InChI is InChI=1S/C16H24BrNOS/c1-11(12-5-6-14(19-4)13(17)9-12)18-15-10-20-8-7-16(15,2)3/h5-6,9,11,15,18H,7-8,10H2,1-4H3. The van der Waals surface area contributed by atoms with Gasteiger partial charge in [0.1, 0.15) is 5.75 Å². The topological polar surface area (TPSA) is 21.3 Å². The fourth-order valence-electron chi connectivity index (χ4n) is 2.56. The fraction of sp³-hybridized carbons (Fsp3) is 0.625. The Morgan fingerprint density at radius 3 is 2.80 bits per heavy atom. The lowest BCUT2D eigenvalue weighted by atomic mass is 9.81. The van der Waals surface area contributed by atoms with Crippen LogP contribution in [0, 0.1) is 5.41 Å². The van der Waals surface area contributed by atoms with Gasteiger partial charge in [0.05, 0.1) is 11.6 Å². The highest BCUT2D eigenvalue weighted by Gasteiger charge is 2.33. The van der Waals surface area contributed by atoms with Gasteiger partial charge in [0.25, 0.3) is 0 Å². The average molecular weight is 358 g/mol. The normalized spacial score (nSPS) is 23.4. The lowest BCUT2D eigenvalue weighted by Gasteiger charge is -2.40. The number of halogens is 1. The van der Waals surface area contributed by atoms with Crippen LogP contribution in [-0.4, -0.2) is 24.7 Å². The van der Waals surface area contributed by atoms with Gasteiger partial charge in [-0.05, 0) is 58.1 Å². The Balaban J connectivity index is 2.07. The smallest absolute Gasteiger partial charge is 0.133 e. The van der Waals surface area contributed by atoms with Gasteiger partial charge in [-0.25, -0.2) is 0 Å². The second-order valence-electron chi connectivity index (χ2n) is 6.15. The molecule has 20 heavy (non-hydrogen) atoms. The van der Waals surface area contributed by atoms with E-state index in [1.165, 1.54) is 23.5 Å². The van der Waals surface area contributed by atoms with E-state index in [0.29, 0.717) is 17.5 Å². The van der Waals surface area contributed by atoms with Gasteiger partial charge in [0.2, 0.25) is 0 Å². The van der Waals surface area contributed by atoms with Gasteiger partial charge >= 0.3 is 0 Å². The Morgan fingerprint density at radius 2 is 2.20 bits per heavy atom. The summed E-state index contributed by atoms with van der Waals surface area (Å²) in [6.45, 7) is 6.99. The third-order valence-corrected chi connectivity index (χ3v) is 5.93. The van der Waals surface area contributed by atoms with Crippen LogP contribution in [0.5, 0.6) is 5.75 Å². The van der Waals surface area contributed by atoms with Crippen molar-refractivity contribution < 1.29 is 4.74 Å². The van der Waals surface area contributed by atoms with E-state index in [2.05, 4.69) is 65.9 Å². The largest absolute Gasteiger partial charge is 0.496 e. The molecule has 0 spiro atoms. The molecule has 0 amide bonds. The third kappa shape index (κ3) is 3.71. The van der Waals surface area contributed by atoms with Crippen LogP contribution >= 0.6 is 27.7 Å². The lowest BCUT2D eigenvalue weighted by Crippen LogP contribution is -2.47. The molecule has 112 valence electrons.